The van der Waals surface area contributed by atoms with Crippen molar-refractivity contribution in [2.75, 3.05) is 13.2 Å². The summed E-state index contributed by atoms with van der Waals surface area (Å²) in [4.78, 5) is 24.0. The number of aliphatic hydroxyl groups is 3. The maximum atomic E-state index is 12.0. The molecule has 196 valence electrons. The Bertz CT molecular complexity index is 1040. The van der Waals surface area contributed by atoms with E-state index in [9.17, 15) is 35.1 Å². The molecule has 11 heteroatoms. The molecule has 0 aromatic heterocycles. The minimum Gasteiger partial charge on any atom is -0.504 e. The molecule has 0 radical (unpaired) electrons. The van der Waals surface area contributed by atoms with Crippen molar-refractivity contribution in [3.8, 4) is 11.5 Å². The van der Waals surface area contributed by atoms with Crippen molar-refractivity contribution in [1.29, 1.82) is 0 Å². The van der Waals surface area contributed by atoms with E-state index in [1.54, 1.807) is 0 Å². The molecule has 11 nitrogen and oxygen atoms in total. The summed E-state index contributed by atoms with van der Waals surface area (Å²) in [6, 6.07) is 3.97. The monoisotopic (exact) mass is 506 g/mol. The zero-order chi connectivity index (χ0) is 26.4. The largest absolute Gasteiger partial charge is 0.504 e. The van der Waals surface area contributed by atoms with Gasteiger partial charge in [-0.2, -0.15) is 0 Å². The number of phenols is 2. The van der Waals surface area contributed by atoms with Gasteiger partial charge in [-0.1, -0.05) is 11.6 Å². The predicted octanol–water partition coefficient (Wildman–Crippen LogP) is 0.686. The van der Waals surface area contributed by atoms with Crippen LogP contribution < -0.4 is 0 Å². The summed E-state index contributed by atoms with van der Waals surface area (Å²) in [7, 11) is 0. The lowest BCUT2D eigenvalue weighted by molar-refractivity contribution is -0.299. The van der Waals surface area contributed by atoms with Crippen molar-refractivity contribution in [3.05, 3.63) is 53.1 Å². The first-order valence-electron chi connectivity index (χ1n) is 11.3. The van der Waals surface area contributed by atoms with Crippen molar-refractivity contribution < 1.29 is 54.1 Å². The second kappa shape index (κ2) is 12.2. The summed E-state index contributed by atoms with van der Waals surface area (Å²) in [6.45, 7) is 3.20. The number of carbonyl (C=O) groups is 2. The van der Waals surface area contributed by atoms with E-state index in [1.165, 1.54) is 30.4 Å². The molecule has 2 aliphatic heterocycles. The molecule has 3 rings (SSSR count). The number of aliphatic hydroxyl groups excluding tert-OH is 3. The van der Waals surface area contributed by atoms with Crippen molar-refractivity contribution in [2.24, 2.45) is 0 Å². The third kappa shape index (κ3) is 7.15. The number of aromatic hydroxyl groups is 2. The highest BCUT2D eigenvalue weighted by atomic mass is 16.7. The van der Waals surface area contributed by atoms with Gasteiger partial charge in [0.1, 0.15) is 37.1 Å². The molecule has 1 aromatic carbocycles. The van der Waals surface area contributed by atoms with Gasteiger partial charge in [0.05, 0.1) is 6.61 Å². The first kappa shape index (κ1) is 27.4. The van der Waals surface area contributed by atoms with Crippen LogP contribution in [0.2, 0.25) is 0 Å². The van der Waals surface area contributed by atoms with Crippen molar-refractivity contribution >= 4 is 18.0 Å². The second-order valence-corrected chi connectivity index (χ2v) is 8.68. The van der Waals surface area contributed by atoms with Crippen LogP contribution in [0, 0.1) is 0 Å². The van der Waals surface area contributed by atoms with E-state index in [0.29, 0.717) is 17.6 Å². The molecule has 0 saturated carbocycles. The highest BCUT2D eigenvalue weighted by Gasteiger charge is 2.44. The number of carbonyl (C=O) groups excluding carboxylic acids is 2. The molecule has 0 aliphatic carbocycles. The fourth-order valence-electron chi connectivity index (χ4n) is 3.64. The van der Waals surface area contributed by atoms with Gasteiger partial charge in [0.15, 0.2) is 17.8 Å². The number of hydrogen-bond acceptors (Lipinski definition) is 11. The molecule has 5 N–H and O–H groups in total. The van der Waals surface area contributed by atoms with E-state index >= 15 is 0 Å². The molecule has 0 bridgehead atoms. The molecular weight excluding hydrogens is 476 g/mol. The topological polar surface area (TPSA) is 172 Å². The molecule has 2 heterocycles. The summed E-state index contributed by atoms with van der Waals surface area (Å²) in [5.74, 6) is -1.92. The predicted molar refractivity (Wildman–Crippen MR) is 124 cm³/mol. The number of phenolic OH excluding ortho intramolecular Hbond substituents is 2. The van der Waals surface area contributed by atoms with Crippen LogP contribution in [0.4, 0.5) is 0 Å². The lowest BCUT2D eigenvalue weighted by atomic mass is 9.99. The molecule has 0 amide bonds. The SMILES string of the molecule is CC(C)=C[C@H]1C/C(=C\CO[C@@H]2O[C@H](COC(=O)/C=C/c3ccc(O)c(O)c3)[C@@H](O)[C@H](O)[C@H]2O)C(=O)O1. The Morgan fingerprint density at radius 3 is 2.56 bits per heavy atom. The zero-order valence-corrected chi connectivity index (χ0v) is 19.8. The van der Waals surface area contributed by atoms with Crippen molar-refractivity contribution in [1.82, 2.24) is 0 Å². The standard InChI is InChI=1S/C25H30O11/c1-13(2)9-16-11-15(24(32)35-16)7-8-33-25-23(31)22(30)21(29)19(36-25)12-34-20(28)6-4-14-3-5-17(26)18(27)10-14/h3-7,9-10,16,19,21-23,25-27,29-31H,8,11-12H2,1-2H3/b6-4+,15-7+/t16-,19+,21+,22-,23+,25+/m0/s1. The van der Waals surface area contributed by atoms with Crippen LogP contribution in [0.3, 0.4) is 0 Å². The third-order valence-corrected chi connectivity index (χ3v) is 5.52. The number of allylic oxidation sites excluding steroid dienone is 1. The van der Waals surface area contributed by atoms with E-state index in [0.717, 1.165) is 11.6 Å². The number of ether oxygens (including phenoxy) is 4. The van der Waals surface area contributed by atoms with Crippen LogP contribution in [0.15, 0.2) is 47.6 Å². The molecule has 2 saturated heterocycles. The number of rotatable bonds is 8. The maximum Gasteiger partial charge on any atom is 0.334 e. The molecule has 36 heavy (non-hydrogen) atoms. The lowest BCUT2D eigenvalue weighted by Crippen LogP contribution is -2.59. The fourth-order valence-corrected chi connectivity index (χ4v) is 3.64. The van der Waals surface area contributed by atoms with Gasteiger partial charge in [0.25, 0.3) is 0 Å². The Morgan fingerprint density at radius 2 is 1.86 bits per heavy atom. The normalized spacial score (nSPS) is 29.4. The van der Waals surface area contributed by atoms with E-state index in [2.05, 4.69) is 0 Å². The van der Waals surface area contributed by atoms with Crippen LogP contribution in [0.1, 0.15) is 25.8 Å². The van der Waals surface area contributed by atoms with Crippen LogP contribution >= 0.6 is 0 Å². The molecular formula is C25H30O11. The summed E-state index contributed by atoms with van der Waals surface area (Å²) in [5.41, 5.74) is 1.84. The van der Waals surface area contributed by atoms with Gasteiger partial charge in [0.2, 0.25) is 0 Å². The van der Waals surface area contributed by atoms with E-state index < -0.39 is 49.3 Å². The highest BCUT2D eigenvalue weighted by Crippen LogP contribution is 2.26. The Hall–Kier alpha value is -3.22. The van der Waals surface area contributed by atoms with Crippen LogP contribution in [-0.4, -0.2) is 87.5 Å². The van der Waals surface area contributed by atoms with E-state index in [-0.39, 0.29) is 24.2 Å². The number of benzene rings is 1. The minimum absolute atomic E-state index is 0.134. The Labute approximate surface area is 207 Å². The summed E-state index contributed by atoms with van der Waals surface area (Å²) >= 11 is 0. The van der Waals surface area contributed by atoms with Gasteiger partial charge in [-0.05, 0) is 49.8 Å². The van der Waals surface area contributed by atoms with Gasteiger partial charge in [-0.3, -0.25) is 0 Å². The molecule has 0 spiro atoms. The first-order valence-corrected chi connectivity index (χ1v) is 11.3. The number of esters is 2. The van der Waals surface area contributed by atoms with Crippen molar-refractivity contribution in [2.45, 2.75) is 57.1 Å². The molecule has 0 unspecified atom stereocenters. The van der Waals surface area contributed by atoms with E-state index in [1.807, 2.05) is 19.9 Å². The fraction of sp³-hybridized carbons (Fsp3) is 0.440. The average molecular weight is 507 g/mol. The average Bonchev–Trinajstić information content (AvgIpc) is 3.16. The second-order valence-electron chi connectivity index (χ2n) is 8.68. The van der Waals surface area contributed by atoms with Gasteiger partial charge >= 0.3 is 11.9 Å². The Morgan fingerprint density at radius 1 is 1.11 bits per heavy atom. The Kier molecular flexibility index (Phi) is 9.24. The van der Waals surface area contributed by atoms with Crippen molar-refractivity contribution in [3.63, 3.8) is 0 Å². The molecule has 2 aliphatic rings. The quantitative estimate of drug-likeness (QED) is 0.145. The van der Waals surface area contributed by atoms with Crippen LogP contribution in [0.25, 0.3) is 6.08 Å². The lowest BCUT2D eigenvalue weighted by Gasteiger charge is -2.39. The third-order valence-electron chi connectivity index (χ3n) is 5.52. The van der Waals surface area contributed by atoms with Gasteiger partial charge in [-0.15, -0.1) is 0 Å². The maximum absolute atomic E-state index is 12.0. The smallest absolute Gasteiger partial charge is 0.334 e. The molecule has 6 atom stereocenters. The summed E-state index contributed by atoms with van der Waals surface area (Å²) in [6.07, 6.45) is -1.57. The number of hydrogen-bond donors (Lipinski definition) is 5. The minimum atomic E-state index is -1.63. The first-order chi connectivity index (χ1) is 17.0. The van der Waals surface area contributed by atoms with Gasteiger partial charge in [-0.25, -0.2) is 9.59 Å². The van der Waals surface area contributed by atoms with Crippen LogP contribution in [0.5, 0.6) is 11.5 Å². The molecule has 2 fully saturated rings. The van der Waals surface area contributed by atoms with Gasteiger partial charge in [0, 0.05) is 18.1 Å². The van der Waals surface area contributed by atoms with Gasteiger partial charge < -0.3 is 44.5 Å². The summed E-state index contributed by atoms with van der Waals surface area (Å²) < 4.78 is 21.2. The molecule has 1 aromatic rings. The van der Waals surface area contributed by atoms with E-state index in [4.69, 9.17) is 18.9 Å². The summed E-state index contributed by atoms with van der Waals surface area (Å²) in [5, 5.41) is 49.4. The highest BCUT2D eigenvalue weighted by molar-refractivity contribution is 5.91. The Balaban J connectivity index is 1.53. The zero-order valence-electron chi connectivity index (χ0n) is 19.8. The van der Waals surface area contributed by atoms with Crippen LogP contribution in [-0.2, 0) is 28.5 Å². The number of cyclic esters (lactones) is 1.